The number of halogens is 1. The number of nitrogens with one attached hydrogen (secondary N) is 1. The van der Waals surface area contributed by atoms with Crippen LogP contribution in [0, 0.1) is 5.82 Å². The fourth-order valence-electron chi connectivity index (χ4n) is 4.17. The molecule has 164 valence electrons. The highest BCUT2D eigenvalue weighted by molar-refractivity contribution is 5.86. The Bertz CT molecular complexity index is 823. The summed E-state index contributed by atoms with van der Waals surface area (Å²) in [4.78, 5) is 40.2. The fraction of sp³-hybridized carbons (Fsp3) is 0.571. The number of carbonyl (C=O) groups excluding carboxylic acids is 2. The first kappa shape index (κ1) is 22.0. The van der Waals surface area contributed by atoms with Crippen LogP contribution in [0.5, 0.6) is 0 Å². The number of hydrogen-bond donors (Lipinski definition) is 2. The summed E-state index contributed by atoms with van der Waals surface area (Å²) in [5.41, 5.74) is 0.103. The Labute approximate surface area is 175 Å². The standard InChI is InChI=1S/C21H28FN3O5/c1-12(13-5-7-14(22)8-6-13)25-15-9-17(18(25)26)24(10-15)11-16(19(27)28)23-20(29)30-21(2,3)4/h5-8,12,15-17H,9-11H2,1-4H3,(H,23,29)(H,27,28). The van der Waals surface area contributed by atoms with E-state index in [1.54, 1.807) is 42.7 Å². The van der Waals surface area contributed by atoms with Crippen molar-refractivity contribution < 1.29 is 28.6 Å². The molecule has 1 aromatic rings. The third kappa shape index (κ3) is 4.72. The normalized spacial score (nSPS) is 23.4. The number of fused-ring (bicyclic) bond motifs is 2. The lowest BCUT2D eigenvalue weighted by atomic mass is 10.1. The third-order valence-corrected chi connectivity index (χ3v) is 5.49. The molecule has 0 saturated carbocycles. The average molecular weight is 421 g/mol. The topological polar surface area (TPSA) is 99.2 Å². The molecule has 0 spiro atoms. The summed E-state index contributed by atoms with van der Waals surface area (Å²) >= 11 is 0. The summed E-state index contributed by atoms with van der Waals surface area (Å²) in [6.07, 6.45) is -0.208. The van der Waals surface area contributed by atoms with E-state index in [1.165, 1.54) is 12.1 Å². The maximum absolute atomic E-state index is 13.2. The smallest absolute Gasteiger partial charge is 0.408 e. The van der Waals surface area contributed by atoms with E-state index in [9.17, 15) is 23.9 Å². The average Bonchev–Trinajstić information content (AvgIpc) is 3.17. The van der Waals surface area contributed by atoms with Crippen molar-refractivity contribution in [2.24, 2.45) is 0 Å². The fourth-order valence-corrected chi connectivity index (χ4v) is 4.17. The summed E-state index contributed by atoms with van der Waals surface area (Å²) < 4.78 is 18.3. The van der Waals surface area contributed by atoms with Gasteiger partial charge in [-0.2, -0.15) is 0 Å². The number of rotatable bonds is 6. The lowest BCUT2D eigenvalue weighted by Crippen LogP contribution is -2.56. The van der Waals surface area contributed by atoms with Crippen LogP contribution in [-0.4, -0.2) is 69.7 Å². The predicted octanol–water partition coefficient (Wildman–Crippen LogP) is 2.15. The third-order valence-electron chi connectivity index (χ3n) is 5.49. The maximum Gasteiger partial charge on any atom is 0.408 e. The largest absolute Gasteiger partial charge is 0.480 e. The van der Waals surface area contributed by atoms with Gasteiger partial charge in [0, 0.05) is 19.1 Å². The number of benzene rings is 1. The minimum absolute atomic E-state index is 0.0141. The van der Waals surface area contributed by atoms with Crippen LogP contribution >= 0.6 is 0 Å². The first-order valence-corrected chi connectivity index (χ1v) is 10.0. The number of piperazine rings is 1. The van der Waals surface area contributed by atoms with Gasteiger partial charge in [-0.25, -0.2) is 14.0 Å². The van der Waals surface area contributed by atoms with Crippen LogP contribution < -0.4 is 5.32 Å². The number of alkyl carbamates (subject to hydrolysis) is 1. The molecule has 2 aliphatic heterocycles. The van der Waals surface area contributed by atoms with E-state index in [1.807, 2.05) is 6.92 Å². The molecule has 3 rings (SSSR count). The van der Waals surface area contributed by atoms with Gasteiger partial charge in [-0.15, -0.1) is 0 Å². The van der Waals surface area contributed by atoms with E-state index in [-0.39, 0.29) is 30.4 Å². The number of likely N-dealkylation sites (tertiary alicyclic amines) is 2. The number of carbonyl (C=O) groups is 3. The van der Waals surface area contributed by atoms with E-state index in [2.05, 4.69) is 5.32 Å². The SMILES string of the molecule is CC(c1ccc(F)cc1)N1C(=O)C2CC1CN2CC(NC(=O)OC(C)(C)C)C(=O)O. The molecule has 0 radical (unpaired) electrons. The summed E-state index contributed by atoms with van der Waals surface area (Å²) in [6, 6.07) is 4.21. The lowest BCUT2D eigenvalue weighted by molar-refractivity contribution is -0.143. The minimum atomic E-state index is -1.19. The zero-order chi connectivity index (χ0) is 22.2. The van der Waals surface area contributed by atoms with Crippen LogP contribution in [0.15, 0.2) is 24.3 Å². The van der Waals surface area contributed by atoms with Gasteiger partial charge in [-0.3, -0.25) is 9.69 Å². The van der Waals surface area contributed by atoms with E-state index in [0.717, 1.165) is 5.56 Å². The molecule has 2 N–H and O–H groups in total. The Morgan fingerprint density at radius 3 is 2.47 bits per heavy atom. The van der Waals surface area contributed by atoms with Crippen molar-refractivity contribution in [1.29, 1.82) is 0 Å². The molecule has 2 saturated heterocycles. The second-order valence-electron chi connectivity index (χ2n) is 8.87. The van der Waals surface area contributed by atoms with Crippen LogP contribution in [0.3, 0.4) is 0 Å². The molecule has 2 bridgehead atoms. The number of carboxylic acids is 1. The van der Waals surface area contributed by atoms with Crippen LogP contribution in [-0.2, 0) is 14.3 Å². The Morgan fingerprint density at radius 1 is 1.30 bits per heavy atom. The van der Waals surface area contributed by atoms with Gasteiger partial charge in [-0.1, -0.05) is 12.1 Å². The molecule has 0 aliphatic carbocycles. The number of carboxylic acid groups (broad SMARTS) is 1. The Kier molecular flexibility index (Phi) is 6.03. The van der Waals surface area contributed by atoms with Gasteiger partial charge < -0.3 is 20.1 Å². The number of nitrogens with zero attached hydrogens (tertiary/aromatic N) is 2. The number of amides is 2. The second-order valence-corrected chi connectivity index (χ2v) is 8.87. The lowest BCUT2D eigenvalue weighted by Gasteiger charge is -2.38. The molecule has 9 heteroatoms. The van der Waals surface area contributed by atoms with Gasteiger partial charge in [0.1, 0.15) is 17.5 Å². The van der Waals surface area contributed by atoms with E-state index in [0.29, 0.717) is 13.0 Å². The van der Waals surface area contributed by atoms with Gasteiger partial charge in [0.15, 0.2) is 0 Å². The van der Waals surface area contributed by atoms with Crippen molar-refractivity contribution in [3.8, 4) is 0 Å². The van der Waals surface area contributed by atoms with Crippen LogP contribution in [0.1, 0.15) is 45.7 Å². The molecule has 8 nitrogen and oxygen atoms in total. The van der Waals surface area contributed by atoms with Gasteiger partial charge in [0.25, 0.3) is 0 Å². The minimum Gasteiger partial charge on any atom is -0.480 e. The summed E-state index contributed by atoms with van der Waals surface area (Å²) in [7, 11) is 0. The van der Waals surface area contributed by atoms with Crippen molar-refractivity contribution in [2.45, 2.75) is 63.9 Å². The first-order chi connectivity index (χ1) is 14.0. The molecule has 2 aliphatic rings. The molecule has 4 unspecified atom stereocenters. The zero-order valence-electron chi connectivity index (χ0n) is 17.6. The predicted molar refractivity (Wildman–Crippen MR) is 106 cm³/mol. The van der Waals surface area contributed by atoms with E-state index < -0.39 is 29.7 Å². The summed E-state index contributed by atoms with van der Waals surface area (Å²) in [5.74, 6) is -1.60. The molecule has 2 amide bonds. The van der Waals surface area contributed by atoms with E-state index in [4.69, 9.17) is 4.74 Å². The van der Waals surface area contributed by atoms with Crippen molar-refractivity contribution in [1.82, 2.24) is 15.1 Å². The quantitative estimate of drug-likeness (QED) is 0.730. The number of aliphatic carboxylic acids is 1. The molecule has 2 fully saturated rings. The van der Waals surface area contributed by atoms with Gasteiger partial charge in [0.05, 0.1) is 12.1 Å². The van der Waals surface area contributed by atoms with Gasteiger partial charge in [0.2, 0.25) is 5.91 Å². The van der Waals surface area contributed by atoms with Gasteiger partial charge in [-0.05, 0) is 51.8 Å². The highest BCUT2D eigenvalue weighted by atomic mass is 19.1. The van der Waals surface area contributed by atoms with Gasteiger partial charge >= 0.3 is 12.1 Å². The van der Waals surface area contributed by atoms with Crippen LogP contribution in [0.25, 0.3) is 0 Å². The molecular formula is C21H28FN3O5. The molecular weight excluding hydrogens is 393 g/mol. The Morgan fingerprint density at radius 2 is 1.93 bits per heavy atom. The Balaban J connectivity index is 1.64. The van der Waals surface area contributed by atoms with Crippen molar-refractivity contribution >= 4 is 18.0 Å². The second kappa shape index (κ2) is 8.22. The van der Waals surface area contributed by atoms with Crippen molar-refractivity contribution in [3.05, 3.63) is 35.6 Å². The Hall–Kier alpha value is -2.68. The zero-order valence-corrected chi connectivity index (χ0v) is 17.6. The molecule has 1 aromatic carbocycles. The highest BCUT2D eigenvalue weighted by Gasteiger charge is 2.51. The molecule has 4 atom stereocenters. The van der Waals surface area contributed by atoms with Crippen LogP contribution in [0.2, 0.25) is 0 Å². The first-order valence-electron chi connectivity index (χ1n) is 10.0. The highest BCUT2D eigenvalue weighted by Crippen LogP contribution is 2.37. The van der Waals surface area contributed by atoms with Crippen molar-refractivity contribution in [3.63, 3.8) is 0 Å². The molecule has 0 aromatic heterocycles. The molecule has 30 heavy (non-hydrogen) atoms. The number of hydrogen-bond acceptors (Lipinski definition) is 5. The summed E-state index contributed by atoms with van der Waals surface area (Å²) in [5, 5.41) is 11.9. The van der Waals surface area contributed by atoms with Crippen LogP contribution in [0.4, 0.5) is 9.18 Å². The molecule has 2 heterocycles. The maximum atomic E-state index is 13.2. The summed E-state index contributed by atoms with van der Waals surface area (Å²) in [6.45, 7) is 7.51. The number of ether oxygens (including phenoxy) is 1. The van der Waals surface area contributed by atoms with E-state index >= 15 is 0 Å². The van der Waals surface area contributed by atoms with Crippen molar-refractivity contribution in [2.75, 3.05) is 13.1 Å². The monoisotopic (exact) mass is 421 g/mol.